The van der Waals surface area contributed by atoms with Gasteiger partial charge in [0, 0.05) is 23.9 Å². The van der Waals surface area contributed by atoms with Crippen LogP contribution in [0.4, 0.5) is 0 Å². The molecule has 1 rings (SSSR count). The Balaban J connectivity index is 3.15. The lowest BCUT2D eigenvalue weighted by atomic mass is 10.0. The van der Waals surface area contributed by atoms with Crippen LogP contribution in [0.5, 0.6) is 0 Å². The first-order valence-electron chi connectivity index (χ1n) is 6.96. The number of benzene rings is 1. The smallest absolute Gasteiger partial charge is 0.254 e. The summed E-state index contributed by atoms with van der Waals surface area (Å²) in [6.07, 6.45) is 1.16. The molecule has 0 unspecified atom stereocenters. The molecule has 1 aromatic rings. The molecule has 0 N–H and O–H groups in total. The molecule has 0 bridgehead atoms. The third-order valence-corrected chi connectivity index (χ3v) is 4.25. The number of carbonyl (C=O) groups excluding carboxylic acids is 1. The molecule has 1 aromatic carbocycles. The van der Waals surface area contributed by atoms with E-state index in [1.807, 2.05) is 26.8 Å². The van der Waals surface area contributed by atoms with Crippen LogP contribution in [0.1, 0.15) is 42.3 Å². The Labute approximate surface area is 132 Å². The predicted octanol–water partition coefficient (Wildman–Crippen LogP) is 2.15. The monoisotopic (exact) mass is 322 g/mol. The number of amides is 1. The fourth-order valence-corrected chi connectivity index (χ4v) is 2.63. The van der Waals surface area contributed by atoms with Crippen LogP contribution in [0.2, 0.25) is 0 Å². The average molecular weight is 322 g/mol. The maximum atomic E-state index is 12.8. The number of nitriles is 1. The summed E-state index contributed by atoms with van der Waals surface area (Å²) in [6.45, 7) is 7.51. The van der Waals surface area contributed by atoms with Gasteiger partial charge in [-0.25, -0.2) is 8.42 Å². The number of sulfone groups is 1. The van der Waals surface area contributed by atoms with Crippen molar-refractivity contribution in [2.24, 2.45) is 0 Å². The molecule has 0 radical (unpaired) electrons. The molecule has 0 aliphatic rings. The first-order valence-corrected chi connectivity index (χ1v) is 9.02. The molecule has 120 valence electrons. The van der Waals surface area contributed by atoms with Crippen LogP contribution >= 0.6 is 0 Å². The van der Waals surface area contributed by atoms with Gasteiger partial charge in [0.2, 0.25) is 0 Å². The molecule has 1 amide bonds. The van der Waals surface area contributed by atoms with Gasteiger partial charge in [0.25, 0.3) is 5.91 Å². The van der Waals surface area contributed by atoms with Crippen LogP contribution in [-0.4, -0.2) is 43.3 Å². The molecule has 5 nitrogen and oxygen atoms in total. The number of hydrogen-bond acceptors (Lipinski definition) is 4. The molecule has 0 heterocycles. The molecular weight excluding hydrogens is 300 g/mol. The minimum atomic E-state index is -3.15. The van der Waals surface area contributed by atoms with E-state index in [2.05, 4.69) is 0 Å². The van der Waals surface area contributed by atoms with Crippen LogP contribution < -0.4 is 0 Å². The first-order chi connectivity index (χ1) is 9.95. The number of rotatable bonds is 4. The summed E-state index contributed by atoms with van der Waals surface area (Å²) >= 11 is 0. The van der Waals surface area contributed by atoms with E-state index >= 15 is 0 Å². The Morgan fingerprint density at radius 3 is 2.32 bits per heavy atom. The van der Waals surface area contributed by atoms with E-state index in [9.17, 15) is 13.2 Å². The number of aryl methyl sites for hydroxylation is 1. The Kier molecular flexibility index (Phi) is 5.36. The Bertz CT molecular complexity index is 710. The molecule has 6 heteroatoms. The van der Waals surface area contributed by atoms with E-state index in [-0.39, 0.29) is 18.2 Å². The van der Waals surface area contributed by atoms with E-state index in [0.717, 1.165) is 6.26 Å². The molecular formula is C16H22N2O3S. The Morgan fingerprint density at radius 1 is 1.32 bits per heavy atom. The largest absolute Gasteiger partial charge is 0.333 e. The fraction of sp³-hybridized carbons (Fsp3) is 0.500. The highest BCUT2D eigenvalue weighted by atomic mass is 32.2. The van der Waals surface area contributed by atoms with Crippen molar-refractivity contribution in [2.45, 2.75) is 33.2 Å². The molecule has 22 heavy (non-hydrogen) atoms. The van der Waals surface area contributed by atoms with Gasteiger partial charge in [-0.15, -0.1) is 0 Å². The fourth-order valence-electron chi connectivity index (χ4n) is 2.12. The maximum Gasteiger partial charge on any atom is 0.254 e. The average Bonchev–Trinajstić information content (AvgIpc) is 2.35. The summed E-state index contributed by atoms with van der Waals surface area (Å²) in [5.74, 6) is -0.302. The van der Waals surface area contributed by atoms with Gasteiger partial charge >= 0.3 is 0 Å². The van der Waals surface area contributed by atoms with E-state index in [1.165, 1.54) is 0 Å². The van der Waals surface area contributed by atoms with Crippen molar-refractivity contribution in [3.63, 3.8) is 0 Å². The lowest BCUT2D eigenvalue weighted by Gasteiger charge is -2.36. The highest BCUT2D eigenvalue weighted by molar-refractivity contribution is 7.90. The Morgan fingerprint density at radius 2 is 1.91 bits per heavy atom. The van der Waals surface area contributed by atoms with Crippen LogP contribution in [0, 0.1) is 18.3 Å². The highest BCUT2D eigenvalue weighted by Gasteiger charge is 2.28. The zero-order valence-corrected chi connectivity index (χ0v) is 14.5. The normalized spacial score (nSPS) is 11.8. The molecule has 0 saturated carbocycles. The quantitative estimate of drug-likeness (QED) is 0.851. The van der Waals surface area contributed by atoms with Crippen LogP contribution in [-0.2, 0) is 9.84 Å². The second-order valence-electron chi connectivity index (χ2n) is 6.40. The number of carbonyl (C=O) groups is 1. The minimum absolute atomic E-state index is 0.0780. The molecule has 0 aliphatic heterocycles. The second kappa shape index (κ2) is 6.49. The van der Waals surface area contributed by atoms with Crippen molar-refractivity contribution in [1.29, 1.82) is 5.26 Å². The number of hydrogen-bond donors (Lipinski definition) is 0. The summed E-state index contributed by atoms with van der Waals surface area (Å²) in [4.78, 5) is 14.3. The van der Waals surface area contributed by atoms with Gasteiger partial charge in [0.1, 0.15) is 9.84 Å². The molecule has 0 saturated heterocycles. The predicted molar refractivity (Wildman–Crippen MR) is 86.4 cm³/mol. The molecule has 0 spiro atoms. The van der Waals surface area contributed by atoms with Crippen molar-refractivity contribution in [3.05, 3.63) is 34.9 Å². The lowest BCUT2D eigenvalue weighted by molar-refractivity contribution is 0.0600. The third kappa shape index (κ3) is 4.85. The van der Waals surface area contributed by atoms with Gasteiger partial charge in [-0.05, 0) is 51.5 Å². The maximum absolute atomic E-state index is 12.8. The summed E-state index contributed by atoms with van der Waals surface area (Å²) in [6, 6.07) is 6.91. The molecule has 0 aromatic heterocycles. The summed E-state index contributed by atoms with van der Waals surface area (Å²) in [7, 11) is -3.15. The zero-order valence-electron chi connectivity index (χ0n) is 13.7. The van der Waals surface area contributed by atoms with Gasteiger partial charge in [-0.1, -0.05) is 0 Å². The van der Waals surface area contributed by atoms with E-state index in [4.69, 9.17) is 5.26 Å². The highest BCUT2D eigenvalue weighted by Crippen LogP contribution is 2.20. The molecule has 0 atom stereocenters. The van der Waals surface area contributed by atoms with Crippen molar-refractivity contribution in [1.82, 2.24) is 4.90 Å². The van der Waals surface area contributed by atoms with E-state index in [0.29, 0.717) is 16.7 Å². The summed E-state index contributed by atoms with van der Waals surface area (Å²) in [5.41, 5.74) is 1.19. The standard InChI is InChI=1S/C16H22N2O3S/c1-12-10-13(11-17)6-7-14(12)15(19)18(16(2,3)4)8-9-22(5,20)21/h6-7,10H,8-9H2,1-5H3. The SMILES string of the molecule is Cc1cc(C#N)ccc1C(=O)N(CCS(C)(=O)=O)C(C)(C)C. The van der Waals surface area contributed by atoms with Crippen molar-refractivity contribution < 1.29 is 13.2 Å². The topological polar surface area (TPSA) is 78.2 Å². The van der Waals surface area contributed by atoms with Crippen LogP contribution in [0.3, 0.4) is 0 Å². The first kappa shape index (κ1) is 18.2. The van der Waals surface area contributed by atoms with Crippen LogP contribution in [0.25, 0.3) is 0 Å². The van der Waals surface area contributed by atoms with Gasteiger partial charge in [0.05, 0.1) is 17.4 Å². The van der Waals surface area contributed by atoms with E-state index < -0.39 is 15.4 Å². The summed E-state index contributed by atoms with van der Waals surface area (Å²) in [5, 5.41) is 8.89. The zero-order chi connectivity index (χ0) is 17.1. The van der Waals surface area contributed by atoms with Gasteiger partial charge in [0.15, 0.2) is 0 Å². The van der Waals surface area contributed by atoms with Crippen LogP contribution in [0.15, 0.2) is 18.2 Å². The number of nitrogens with zero attached hydrogens (tertiary/aromatic N) is 2. The lowest BCUT2D eigenvalue weighted by Crippen LogP contribution is -2.47. The molecule has 0 fully saturated rings. The third-order valence-electron chi connectivity index (χ3n) is 3.33. The van der Waals surface area contributed by atoms with Crippen molar-refractivity contribution in [2.75, 3.05) is 18.6 Å². The summed E-state index contributed by atoms with van der Waals surface area (Å²) < 4.78 is 22.8. The van der Waals surface area contributed by atoms with Crippen molar-refractivity contribution >= 4 is 15.7 Å². The minimum Gasteiger partial charge on any atom is -0.333 e. The van der Waals surface area contributed by atoms with Crippen molar-refractivity contribution in [3.8, 4) is 6.07 Å². The van der Waals surface area contributed by atoms with E-state index in [1.54, 1.807) is 30.0 Å². The van der Waals surface area contributed by atoms with Gasteiger partial charge < -0.3 is 4.90 Å². The molecule has 0 aliphatic carbocycles. The van der Waals surface area contributed by atoms with Gasteiger partial charge in [-0.2, -0.15) is 5.26 Å². The Hall–Kier alpha value is -1.87. The van der Waals surface area contributed by atoms with Gasteiger partial charge in [-0.3, -0.25) is 4.79 Å². The second-order valence-corrected chi connectivity index (χ2v) is 8.66.